The van der Waals surface area contributed by atoms with Crippen LogP contribution >= 0.6 is 0 Å². The number of hydrogen-bond donors (Lipinski definition) is 2. The Balaban J connectivity index is 2.69. The van der Waals surface area contributed by atoms with Gasteiger partial charge in [-0.25, -0.2) is 0 Å². The second-order valence-corrected chi connectivity index (χ2v) is 3.29. The number of para-hydroxylation sites is 1. The van der Waals surface area contributed by atoms with Gasteiger partial charge < -0.3 is 15.6 Å². The highest BCUT2D eigenvalue weighted by atomic mass is 16.5. The maximum atomic E-state index is 10.5. The van der Waals surface area contributed by atoms with E-state index in [1.54, 1.807) is 6.07 Å². The maximum absolute atomic E-state index is 10.5. The number of rotatable bonds is 5. The molecule has 16 heavy (non-hydrogen) atoms. The van der Waals surface area contributed by atoms with Crippen LogP contribution in [0.2, 0.25) is 0 Å². The molecule has 0 saturated carbocycles. The quantitative estimate of drug-likeness (QED) is 0.790. The monoisotopic (exact) mass is 221 g/mol. The molecule has 0 bridgehead atoms. The Kier molecular flexibility index (Phi) is 4.54. The lowest BCUT2D eigenvalue weighted by Crippen LogP contribution is -2.36. The van der Waals surface area contributed by atoms with E-state index in [1.807, 2.05) is 37.3 Å². The fourth-order valence-corrected chi connectivity index (χ4v) is 1.18. The fraction of sp³-hybridized carbons (Fsp3) is 0.250. The molecule has 4 heteroatoms. The third-order valence-electron chi connectivity index (χ3n) is 2.00. The Hall–Kier alpha value is -1.81. The predicted molar refractivity (Wildman–Crippen MR) is 62.3 cm³/mol. The molecule has 1 atom stereocenters. The van der Waals surface area contributed by atoms with Gasteiger partial charge >= 0.3 is 5.97 Å². The number of ether oxygens (including phenoxy) is 1. The lowest BCUT2D eigenvalue weighted by Gasteiger charge is -2.11. The minimum atomic E-state index is -1.07. The van der Waals surface area contributed by atoms with Gasteiger partial charge in [-0.2, -0.15) is 0 Å². The Morgan fingerprint density at radius 3 is 2.88 bits per heavy atom. The molecule has 4 nitrogen and oxygen atoms in total. The summed E-state index contributed by atoms with van der Waals surface area (Å²) in [7, 11) is 0. The summed E-state index contributed by atoms with van der Waals surface area (Å²) in [6, 6.07) is 6.39. The van der Waals surface area contributed by atoms with Crippen LogP contribution in [0.1, 0.15) is 12.5 Å². The van der Waals surface area contributed by atoms with Gasteiger partial charge in [0.05, 0.1) is 0 Å². The number of benzene rings is 1. The van der Waals surface area contributed by atoms with Crippen LogP contribution in [0.15, 0.2) is 30.3 Å². The molecule has 1 rings (SSSR count). The predicted octanol–water partition coefficient (Wildman–Crippen LogP) is 1.51. The van der Waals surface area contributed by atoms with E-state index in [9.17, 15) is 4.79 Å². The topological polar surface area (TPSA) is 72.5 Å². The van der Waals surface area contributed by atoms with Gasteiger partial charge in [0.1, 0.15) is 18.4 Å². The summed E-state index contributed by atoms with van der Waals surface area (Å²) in [6.07, 6.45) is 3.78. The second kappa shape index (κ2) is 5.92. The molecule has 0 aromatic heterocycles. The number of nitrogens with two attached hydrogens (primary N) is 1. The molecule has 0 heterocycles. The second-order valence-electron chi connectivity index (χ2n) is 3.29. The lowest BCUT2D eigenvalue weighted by atomic mass is 10.2. The molecular weight excluding hydrogens is 206 g/mol. The zero-order valence-electron chi connectivity index (χ0n) is 9.09. The number of carboxylic acid groups (broad SMARTS) is 1. The molecule has 0 amide bonds. The van der Waals surface area contributed by atoms with Crippen LogP contribution in [-0.2, 0) is 4.79 Å². The first-order valence-corrected chi connectivity index (χ1v) is 4.98. The largest absolute Gasteiger partial charge is 0.491 e. The van der Waals surface area contributed by atoms with Crippen LogP contribution in [0, 0.1) is 0 Å². The number of carboxylic acids is 1. The van der Waals surface area contributed by atoms with E-state index in [4.69, 9.17) is 15.6 Å². The molecule has 86 valence electrons. The van der Waals surface area contributed by atoms with Gasteiger partial charge in [-0.3, -0.25) is 4.79 Å². The van der Waals surface area contributed by atoms with Gasteiger partial charge in [-0.15, -0.1) is 0 Å². The van der Waals surface area contributed by atoms with E-state index >= 15 is 0 Å². The third kappa shape index (κ3) is 3.40. The molecule has 0 saturated heterocycles. The van der Waals surface area contributed by atoms with Crippen molar-refractivity contribution in [3.05, 3.63) is 35.9 Å². The smallest absolute Gasteiger partial charge is 0.324 e. The van der Waals surface area contributed by atoms with Crippen molar-refractivity contribution >= 4 is 12.0 Å². The van der Waals surface area contributed by atoms with Crippen molar-refractivity contribution in [2.75, 3.05) is 6.61 Å². The molecule has 0 radical (unpaired) electrons. The molecule has 3 N–H and O–H groups in total. The van der Waals surface area contributed by atoms with Crippen molar-refractivity contribution in [3.8, 4) is 5.75 Å². The minimum Gasteiger partial charge on any atom is -0.491 e. The maximum Gasteiger partial charge on any atom is 0.324 e. The van der Waals surface area contributed by atoms with Crippen LogP contribution in [0.25, 0.3) is 6.08 Å². The van der Waals surface area contributed by atoms with Gasteiger partial charge in [0.25, 0.3) is 0 Å². The van der Waals surface area contributed by atoms with Gasteiger partial charge in [-0.1, -0.05) is 30.4 Å². The normalized spacial score (nSPS) is 12.6. The summed E-state index contributed by atoms with van der Waals surface area (Å²) in [6.45, 7) is 1.86. The highest BCUT2D eigenvalue weighted by molar-refractivity contribution is 5.73. The van der Waals surface area contributed by atoms with Crippen LogP contribution in [0.3, 0.4) is 0 Å². The molecule has 1 aromatic rings. The fourth-order valence-electron chi connectivity index (χ4n) is 1.18. The molecule has 1 unspecified atom stereocenters. The van der Waals surface area contributed by atoms with Crippen molar-refractivity contribution in [2.24, 2.45) is 5.73 Å². The first kappa shape index (κ1) is 12.3. The standard InChI is InChI=1S/C12H15NO3/c1-2-5-9-6-3-4-7-11(9)16-8-10(13)12(14)15/h2-7,10H,8,13H2,1H3,(H,14,15). The van der Waals surface area contributed by atoms with Crippen LogP contribution in [0.4, 0.5) is 0 Å². The van der Waals surface area contributed by atoms with E-state index in [1.165, 1.54) is 0 Å². The van der Waals surface area contributed by atoms with Crippen molar-refractivity contribution in [1.29, 1.82) is 0 Å². The van der Waals surface area contributed by atoms with Gasteiger partial charge in [0.2, 0.25) is 0 Å². The summed E-state index contributed by atoms with van der Waals surface area (Å²) >= 11 is 0. The van der Waals surface area contributed by atoms with E-state index in [2.05, 4.69) is 0 Å². The molecule has 0 fully saturated rings. The molecule has 0 aliphatic rings. The molecule has 0 aliphatic heterocycles. The average molecular weight is 221 g/mol. The van der Waals surface area contributed by atoms with E-state index in [0.717, 1.165) is 5.56 Å². The highest BCUT2D eigenvalue weighted by Gasteiger charge is 2.12. The molecule has 0 aliphatic carbocycles. The van der Waals surface area contributed by atoms with Crippen molar-refractivity contribution in [2.45, 2.75) is 13.0 Å². The van der Waals surface area contributed by atoms with Gasteiger partial charge in [0.15, 0.2) is 0 Å². The number of allylic oxidation sites excluding steroid dienone is 1. The van der Waals surface area contributed by atoms with E-state index in [-0.39, 0.29) is 6.61 Å². The molecular formula is C12H15NO3. The van der Waals surface area contributed by atoms with Gasteiger partial charge in [0, 0.05) is 5.56 Å². The number of hydrogen-bond acceptors (Lipinski definition) is 3. The minimum absolute atomic E-state index is 0.0378. The first-order valence-electron chi connectivity index (χ1n) is 4.98. The van der Waals surface area contributed by atoms with E-state index < -0.39 is 12.0 Å². The summed E-state index contributed by atoms with van der Waals surface area (Å²) in [5.74, 6) is -0.430. The highest BCUT2D eigenvalue weighted by Crippen LogP contribution is 2.19. The zero-order valence-corrected chi connectivity index (χ0v) is 9.09. The van der Waals surface area contributed by atoms with Crippen molar-refractivity contribution < 1.29 is 14.6 Å². The van der Waals surface area contributed by atoms with Gasteiger partial charge in [-0.05, 0) is 13.0 Å². The van der Waals surface area contributed by atoms with Crippen LogP contribution < -0.4 is 10.5 Å². The number of aliphatic carboxylic acids is 1. The Bertz CT molecular complexity index is 388. The Morgan fingerprint density at radius 1 is 1.56 bits per heavy atom. The third-order valence-corrected chi connectivity index (χ3v) is 2.00. The van der Waals surface area contributed by atoms with Crippen LogP contribution in [0.5, 0.6) is 5.75 Å². The van der Waals surface area contributed by atoms with Crippen molar-refractivity contribution in [1.82, 2.24) is 0 Å². The zero-order chi connectivity index (χ0) is 12.0. The van der Waals surface area contributed by atoms with Crippen LogP contribution in [-0.4, -0.2) is 23.7 Å². The van der Waals surface area contributed by atoms with E-state index in [0.29, 0.717) is 5.75 Å². The van der Waals surface area contributed by atoms with Crippen molar-refractivity contribution in [3.63, 3.8) is 0 Å². The Morgan fingerprint density at radius 2 is 2.25 bits per heavy atom. The summed E-state index contributed by atoms with van der Waals surface area (Å²) < 4.78 is 5.36. The molecule has 1 aromatic carbocycles. The Labute approximate surface area is 94.3 Å². The SMILES string of the molecule is CC=Cc1ccccc1OCC(N)C(=O)O. The summed E-state index contributed by atoms with van der Waals surface area (Å²) in [5.41, 5.74) is 6.25. The number of carbonyl (C=O) groups is 1. The summed E-state index contributed by atoms with van der Waals surface area (Å²) in [4.78, 5) is 10.5. The lowest BCUT2D eigenvalue weighted by molar-refractivity contribution is -0.139. The molecule has 0 spiro atoms. The average Bonchev–Trinajstić information content (AvgIpc) is 2.27. The summed E-state index contributed by atoms with van der Waals surface area (Å²) in [5, 5.41) is 8.61. The first-order chi connectivity index (χ1) is 7.65.